The number of phenols is 1. The second-order valence-corrected chi connectivity index (χ2v) is 11.8. The van der Waals surface area contributed by atoms with E-state index in [4.69, 9.17) is 37.4 Å². The predicted molar refractivity (Wildman–Crippen MR) is 174 cm³/mol. The Kier molecular flexibility index (Phi) is 13.0. The van der Waals surface area contributed by atoms with Crippen molar-refractivity contribution in [3.63, 3.8) is 0 Å². The van der Waals surface area contributed by atoms with E-state index in [2.05, 4.69) is 21.2 Å². The van der Waals surface area contributed by atoms with E-state index in [1.54, 1.807) is 57.2 Å². The second-order valence-electron chi connectivity index (χ2n) is 11.0. The first-order chi connectivity index (χ1) is 21.8. The minimum Gasteiger partial charge on any atom is -0.508 e. The van der Waals surface area contributed by atoms with E-state index in [0.29, 0.717) is 27.6 Å². The number of nitrogens with one attached hydrogen (secondary N) is 3. The van der Waals surface area contributed by atoms with E-state index >= 15 is 0 Å². The largest absolute Gasteiger partial charge is 0.508 e. The maximum atomic E-state index is 13.2. The maximum absolute atomic E-state index is 13.2. The molecule has 0 unspecified atom stereocenters. The minimum atomic E-state index is -1.40. The highest BCUT2D eigenvalue weighted by molar-refractivity contribution is 6.32. The van der Waals surface area contributed by atoms with Gasteiger partial charge in [0.05, 0.1) is 25.0 Å². The first-order valence-electron chi connectivity index (χ1n) is 14.0. The molecule has 0 fully saturated rings. The van der Waals surface area contributed by atoms with E-state index in [0.717, 1.165) is 5.56 Å². The summed E-state index contributed by atoms with van der Waals surface area (Å²) in [6.45, 7) is 4.41. The Bertz CT molecular complexity index is 1530. The van der Waals surface area contributed by atoms with Crippen LogP contribution < -0.4 is 25.5 Å². The number of rotatable bonds is 13. The Morgan fingerprint density at radius 3 is 2.20 bits per heavy atom. The zero-order chi connectivity index (χ0) is 33.9. The lowest BCUT2D eigenvalue weighted by molar-refractivity contribution is -0.130. The number of aliphatic hydroxyl groups excluding tert-OH is 1. The highest BCUT2D eigenvalue weighted by atomic mass is 35.5. The second kappa shape index (κ2) is 16.7. The number of benzene rings is 3. The molecule has 14 heteroatoms. The van der Waals surface area contributed by atoms with Crippen molar-refractivity contribution < 1.29 is 38.8 Å². The normalized spacial score (nSPS) is 12.6. The summed E-state index contributed by atoms with van der Waals surface area (Å²) in [7, 11) is 1.46. The van der Waals surface area contributed by atoms with E-state index in [-0.39, 0.29) is 23.8 Å². The number of hydrogen-bond donors (Lipinski definition) is 5. The summed E-state index contributed by atoms with van der Waals surface area (Å²) in [6, 6.07) is 13.8. The number of amides is 3. The average molecular weight is 676 g/mol. The molecule has 3 amide bonds. The van der Waals surface area contributed by atoms with Crippen LogP contribution in [0.3, 0.4) is 0 Å². The number of hydrazone groups is 1. The van der Waals surface area contributed by atoms with Gasteiger partial charge < -0.3 is 35.1 Å². The predicted octanol–water partition coefficient (Wildman–Crippen LogP) is 4.35. The van der Waals surface area contributed by atoms with Gasteiger partial charge in [-0.25, -0.2) is 10.2 Å². The fraction of sp³-hybridized carbons (Fsp3) is 0.312. The molecule has 3 rings (SSSR count). The van der Waals surface area contributed by atoms with Crippen molar-refractivity contribution in [1.29, 1.82) is 0 Å². The number of phenolic OH excluding ortho intramolecular Hbond substituents is 1. The lowest BCUT2D eigenvalue weighted by Gasteiger charge is -2.24. The summed E-state index contributed by atoms with van der Waals surface area (Å²) in [5, 5.41) is 29.0. The molecule has 246 valence electrons. The molecule has 5 N–H and O–H groups in total. The molecule has 0 radical (unpaired) electrons. The summed E-state index contributed by atoms with van der Waals surface area (Å²) in [4.78, 5) is 38.4. The van der Waals surface area contributed by atoms with Gasteiger partial charge in [-0.3, -0.25) is 9.59 Å². The number of aliphatic hydroxyl groups is 1. The molecule has 0 saturated heterocycles. The van der Waals surface area contributed by atoms with Crippen LogP contribution in [0.15, 0.2) is 65.8 Å². The van der Waals surface area contributed by atoms with Gasteiger partial charge in [0.15, 0.2) is 11.5 Å². The highest BCUT2D eigenvalue weighted by Gasteiger charge is 2.28. The van der Waals surface area contributed by atoms with Crippen LogP contribution in [-0.2, 0) is 27.4 Å². The number of ether oxygens (including phenoxy) is 3. The van der Waals surface area contributed by atoms with Crippen LogP contribution in [0.5, 0.6) is 17.2 Å². The Morgan fingerprint density at radius 2 is 1.59 bits per heavy atom. The molecule has 0 aliphatic rings. The Labute approximate surface area is 276 Å². The van der Waals surface area contributed by atoms with Crippen molar-refractivity contribution in [3.05, 3.63) is 87.4 Å². The first-order valence-corrected chi connectivity index (χ1v) is 14.8. The van der Waals surface area contributed by atoms with Gasteiger partial charge in [-0.2, -0.15) is 5.10 Å². The van der Waals surface area contributed by atoms with Crippen molar-refractivity contribution in [3.8, 4) is 17.2 Å². The van der Waals surface area contributed by atoms with Crippen molar-refractivity contribution in [2.45, 2.75) is 51.5 Å². The smallest absolute Gasteiger partial charge is 0.408 e. The lowest BCUT2D eigenvalue weighted by atomic mass is 10.0. The van der Waals surface area contributed by atoms with E-state index < -0.39 is 42.2 Å². The van der Waals surface area contributed by atoms with Crippen LogP contribution in [0, 0.1) is 0 Å². The molecule has 0 bridgehead atoms. The zero-order valence-corrected chi connectivity index (χ0v) is 27.2. The molecule has 0 aliphatic heterocycles. The van der Waals surface area contributed by atoms with E-state index in [1.807, 2.05) is 12.1 Å². The topological polar surface area (TPSA) is 168 Å². The number of nitrogens with zero attached hydrogens (tertiary/aromatic N) is 1. The van der Waals surface area contributed by atoms with Gasteiger partial charge >= 0.3 is 6.09 Å². The zero-order valence-electron chi connectivity index (χ0n) is 25.7. The molecule has 0 aromatic heterocycles. The number of carbonyl (C=O) groups is 3. The Morgan fingerprint density at radius 1 is 0.935 bits per heavy atom. The molecular weight excluding hydrogens is 639 g/mol. The molecule has 3 aromatic carbocycles. The van der Waals surface area contributed by atoms with E-state index in [1.165, 1.54) is 25.5 Å². The summed E-state index contributed by atoms with van der Waals surface area (Å²) in [5.41, 5.74) is 3.50. The third kappa shape index (κ3) is 11.4. The van der Waals surface area contributed by atoms with Crippen LogP contribution in [0.4, 0.5) is 4.79 Å². The summed E-state index contributed by atoms with van der Waals surface area (Å²) in [5.74, 6) is -0.861. The quantitative estimate of drug-likeness (QED) is 0.132. The van der Waals surface area contributed by atoms with Gasteiger partial charge in [0, 0.05) is 11.4 Å². The molecule has 0 spiro atoms. The van der Waals surface area contributed by atoms with Gasteiger partial charge in [0.25, 0.3) is 5.91 Å². The third-order valence-electron chi connectivity index (χ3n) is 6.14. The molecule has 2 atom stereocenters. The minimum absolute atomic E-state index is 0.00271. The summed E-state index contributed by atoms with van der Waals surface area (Å²) >= 11 is 12.4. The van der Waals surface area contributed by atoms with Crippen molar-refractivity contribution in [2.75, 3.05) is 13.7 Å². The molecule has 0 heterocycles. The lowest BCUT2D eigenvalue weighted by Crippen LogP contribution is -2.55. The third-order valence-corrected chi connectivity index (χ3v) is 6.67. The Balaban J connectivity index is 1.72. The summed E-state index contributed by atoms with van der Waals surface area (Å²) in [6.07, 6.45) is 0.411. The van der Waals surface area contributed by atoms with Gasteiger partial charge in [-0.05, 0) is 73.9 Å². The number of halogens is 2. The molecule has 3 aromatic rings. The van der Waals surface area contributed by atoms with Crippen LogP contribution in [0.1, 0.15) is 37.5 Å². The fourth-order valence-corrected chi connectivity index (χ4v) is 4.33. The Hall–Kier alpha value is -4.52. The van der Waals surface area contributed by atoms with Gasteiger partial charge in [0.1, 0.15) is 30.0 Å². The number of hydrogen-bond acceptors (Lipinski definition) is 9. The molecule has 0 saturated carbocycles. The van der Waals surface area contributed by atoms with Crippen LogP contribution >= 0.6 is 23.2 Å². The van der Waals surface area contributed by atoms with Crippen molar-refractivity contribution in [2.24, 2.45) is 5.10 Å². The number of alkyl carbamates (subject to hydrolysis) is 1. The monoisotopic (exact) mass is 674 g/mol. The van der Waals surface area contributed by atoms with Crippen LogP contribution in [0.25, 0.3) is 0 Å². The van der Waals surface area contributed by atoms with Gasteiger partial charge in [0.2, 0.25) is 5.91 Å². The van der Waals surface area contributed by atoms with Crippen LogP contribution in [-0.4, -0.2) is 65.7 Å². The highest BCUT2D eigenvalue weighted by Crippen LogP contribution is 2.36. The van der Waals surface area contributed by atoms with Crippen molar-refractivity contribution >= 4 is 47.3 Å². The standard InChI is InChI=1S/C32H36Cl2N4O8/c1-32(2,3)46-31(43)37-26(17-39)29(41)36-25(14-19-7-11-23(40)12-8-19)30(42)38-35-16-21-13-24(34)28(27(15-21)44-4)45-18-20-5-9-22(33)10-6-20/h5-13,15-16,25-26,39-40H,14,17-18H2,1-4H3,(H,36,41)(H,37,43)(H,38,42)/b35-16-/t25-,26-/m0/s1. The molecule has 0 aliphatic carbocycles. The number of methoxy groups -OCH3 is 1. The average Bonchev–Trinajstić information content (AvgIpc) is 2.99. The van der Waals surface area contributed by atoms with Gasteiger partial charge in [-0.1, -0.05) is 47.5 Å². The van der Waals surface area contributed by atoms with E-state index in [9.17, 15) is 24.6 Å². The number of carbonyl (C=O) groups excluding carboxylic acids is 3. The fourth-order valence-electron chi connectivity index (χ4n) is 3.93. The van der Waals surface area contributed by atoms with Gasteiger partial charge in [-0.15, -0.1) is 0 Å². The number of aromatic hydroxyl groups is 1. The SMILES string of the molecule is COc1cc(/C=N\NC(=O)[C@H](Cc2ccc(O)cc2)NC(=O)[C@H](CO)NC(=O)OC(C)(C)C)cc(Cl)c1OCc1ccc(Cl)cc1. The molecule has 46 heavy (non-hydrogen) atoms. The summed E-state index contributed by atoms with van der Waals surface area (Å²) < 4.78 is 16.5. The molecular formula is C32H36Cl2N4O8. The first kappa shape index (κ1) is 36.0. The maximum Gasteiger partial charge on any atom is 0.408 e. The van der Waals surface area contributed by atoms with Crippen molar-refractivity contribution in [1.82, 2.24) is 16.1 Å². The van der Waals surface area contributed by atoms with Crippen LogP contribution in [0.2, 0.25) is 10.0 Å². The molecule has 12 nitrogen and oxygen atoms in total.